The number of nitrogens with zero attached hydrogens (tertiary/aromatic N) is 1. The summed E-state index contributed by atoms with van der Waals surface area (Å²) < 4.78 is 0. The summed E-state index contributed by atoms with van der Waals surface area (Å²) >= 11 is 1.70. The minimum atomic E-state index is -0.410. The van der Waals surface area contributed by atoms with Gasteiger partial charge in [0.15, 0.2) is 5.78 Å². The summed E-state index contributed by atoms with van der Waals surface area (Å²) in [5.41, 5.74) is 7.89. The summed E-state index contributed by atoms with van der Waals surface area (Å²) in [5.74, 6) is 1.14. The van der Waals surface area contributed by atoms with Crippen LogP contribution in [0.25, 0.3) is 0 Å². The Morgan fingerprint density at radius 2 is 1.87 bits per heavy atom. The zero-order chi connectivity index (χ0) is 16.8. The molecular weight excluding hydrogens is 308 g/mol. The highest BCUT2D eigenvalue weighted by Crippen LogP contribution is 2.22. The van der Waals surface area contributed by atoms with E-state index in [-0.39, 0.29) is 17.6 Å². The molecular formula is C18H26N2O2S. The van der Waals surface area contributed by atoms with Gasteiger partial charge in [-0.2, -0.15) is 11.8 Å². The minimum absolute atomic E-state index is 0.0178. The van der Waals surface area contributed by atoms with Gasteiger partial charge in [0.1, 0.15) is 0 Å². The fraction of sp³-hybridized carbons (Fsp3) is 0.556. The topological polar surface area (TPSA) is 63.4 Å². The Balaban J connectivity index is 1.87. The van der Waals surface area contributed by atoms with E-state index in [1.807, 2.05) is 42.3 Å². The summed E-state index contributed by atoms with van der Waals surface area (Å²) in [6, 6.07) is 7.32. The molecule has 0 aliphatic carbocycles. The number of rotatable bonds is 6. The molecule has 23 heavy (non-hydrogen) atoms. The van der Waals surface area contributed by atoms with E-state index in [4.69, 9.17) is 5.73 Å². The van der Waals surface area contributed by atoms with Crippen molar-refractivity contribution < 1.29 is 9.59 Å². The second-order valence-corrected chi connectivity index (χ2v) is 7.20. The van der Waals surface area contributed by atoms with Gasteiger partial charge in [-0.1, -0.05) is 29.8 Å². The zero-order valence-electron chi connectivity index (χ0n) is 14.0. The molecule has 0 unspecified atom stereocenters. The van der Waals surface area contributed by atoms with Gasteiger partial charge in [0.25, 0.3) is 0 Å². The van der Waals surface area contributed by atoms with Crippen molar-refractivity contribution in [2.45, 2.75) is 32.2 Å². The van der Waals surface area contributed by atoms with Crippen molar-refractivity contribution in [2.24, 2.45) is 11.7 Å². The molecule has 1 aromatic rings. The molecule has 1 heterocycles. The maximum atomic E-state index is 12.5. The Morgan fingerprint density at radius 3 is 2.43 bits per heavy atom. The third kappa shape index (κ3) is 4.82. The number of carbonyl (C=O) groups excluding carboxylic acids is 2. The van der Waals surface area contributed by atoms with Crippen molar-refractivity contribution in [1.82, 2.24) is 4.90 Å². The van der Waals surface area contributed by atoms with Crippen LogP contribution in [-0.4, -0.2) is 47.7 Å². The highest BCUT2D eigenvalue weighted by atomic mass is 32.2. The Kier molecular flexibility index (Phi) is 6.66. The number of aryl methyl sites for hydroxylation is 1. The summed E-state index contributed by atoms with van der Waals surface area (Å²) in [4.78, 5) is 26.6. The lowest BCUT2D eigenvalue weighted by molar-refractivity contribution is -0.133. The summed E-state index contributed by atoms with van der Waals surface area (Å²) in [6.45, 7) is 3.28. The van der Waals surface area contributed by atoms with Gasteiger partial charge in [-0.3, -0.25) is 9.59 Å². The number of amides is 1. The number of piperidine rings is 1. The highest BCUT2D eigenvalue weighted by molar-refractivity contribution is 7.98. The van der Waals surface area contributed by atoms with Crippen molar-refractivity contribution in [2.75, 3.05) is 25.1 Å². The Hall–Kier alpha value is -1.33. The summed E-state index contributed by atoms with van der Waals surface area (Å²) in [7, 11) is 0. The van der Waals surface area contributed by atoms with E-state index in [0.717, 1.165) is 29.7 Å². The van der Waals surface area contributed by atoms with Crippen molar-refractivity contribution >= 4 is 23.5 Å². The van der Waals surface area contributed by atoms with E-state index in [9.17, 15) is 9.59 Å². The molecule has 4 nitrogen and oxygen atoms in total. The van der Waals surface area contributed by atoms with E-state index in [0.29, 0.717) is 19.5 Å². The summed E-state index contributed by atoms with van der Waals surface area (Å²) in [5, 5.41) is 0. The second kappa shape index (κ2) is 8.50. The molecule has 1 aliphatic rings. The maximum absolute atomic E-state index is 12.5. The number of Topliss-reactive ketones (excluding diaryl/α,β-unsaturated/α-hetero) is 1. The van der Waals surface area contributed by atoms with Gasteiger partial charge in [-0.05, 0) is 38.2 Å². The second-order valence-electron chi connectivity index (χ2n) is 6.22. The average Bonchev–Trinajstić information content (AvgIpc) is 2.59. The molecule has 0 aromatic heterocycles. The minimum Gasteiger partial charge on any atom is -0.341 e. The first-order valence-corrected chi connectivity index (χ1v) is 9.56. The molecule has 1 aliphatic heterocycles. The van der Waals surface area contributed by atoms with Crippen LogP contribution >= 0.6 is 11.8 Å². The first-order chi connectivity index (χ1) is 11.0. The molecule has 1 fully saturated rings. The smallest absolute Gasteiger partial charge is 0.239 e. The fourth-order valence-electron chi connectivity index (χ4n) is 2.92. The average molecular weight is 334 g/mol. The summed E-state index contributed by atoms with van der Waals surface area (Å²) in [6.07, 6.45) is 4.18. The monoisotopic (exact) mass is 334 g/mol. The molecule has 1 amide bonds. The number of ketones is 1. The number of likely N-dealkylation sites (tertiary alicyclic amines) is 1. The van der Waals surface area contributed by atoms with Crippen LogP contribution in [0.4, 0.5) is 0 Å². The van der Waals surface area contributed by atoms with Crippen LogP contribution in [0.2, 0.25) is 0 Å². The molecule has 126 valence electrons. The molecule has 0 spiro atoms. The number of hydrogen-bond donors (Lipinski definition) is 1. The molecule has 0 bridgehead atoms. The van der Waals surface area contributed by atoms with Crippen LogP contribution in [0.3, 0.4) is 0 Å². The van der Waals surface area contributed by atoms with E-state index in [1.165, 1.54) is 0 Å². The molecule has 2 rings (SSSR count). The van der Waals surface area contributed by atoms with Gasteiger partial charge in [0.2, 0.25) is 5.91 Å². The van der Waals surface area contributed by atoms with Crippen molar-refractivity contribution in [3.63, 3.8) is 0 Å². The highest BCUT2D eigenvalue weighted by Gasteiger charge is 2.29. The van der Waals surface area contributed by atoms with Crippen LogP contribution in [0.1, 0.15) is 35.2 Å². The fourth-order valence-corrected chi connectivity index (χ4v) is 3.41. The van der Waals surface area contributed by atoms with E-state index < -0.39 is 6.04 Å². The zero-order valence-corrected chi connectivity index (χ0v) is 14.8. The number of carbonyl (C=O) groups is 2. The first-order valence-electron chi connectivity index (χ1n) is 8.17. The Labute approximate surface area is 142 Å². The molecule has 1 atom stereocenters. The number of benzene rings is 1. The number of thioether (sulfide) groups is 1. The van der Waals surface area contributed by atoms with Gasteiger partial charge in [0, 0.05) is 24.6 Å². The molecule has 5 heteroatoms. The van der Waals surface area contributed by atoms with Gasteiger partial charge in [-0.25, -0.2) is 0 Å². The molecule has 0 radical (unpaired) electrons. The van der Waals surface area contributed by atoms with Crippen molar-refractivity contribution in [3.05, 3.63) is 35.4 Å². The largest absolute Gasteiger partial charge is 0.341 e. The first kappa shape index (κ1) is 18.0. The van der Waals surface area contributed by atoms with Crippen LogP contribution in [-0.2, 0) is 4.79 Å². The van der Waals surface area contributed by atoms with Crippen molar-refractivity contribution in [3.8, 4) is 0 Å². The van der Waals surface area contributed by atoms with Gasteiger partial charge >= 0.3 is 0 Å². The quantitative estimate of drug-likeness (QED) is 0.812. The standard InChI is InChI=1S/C18H26N2O2S/c1-13-3-5-14(6-4-13)17(21)15-7-10-20(11-8-15)18(22)16(19)9-12-23-2/h3-6,15-16H,7-12,19H2,1-2H3/t16-/m0/s1. The predicted octanol–water partition coefficient (Wildman–Crippen LogP) is 2.50. The van der Waals surface area contributed by atoms with Crippen LogP contribution < -0.4 is 5.73 Å². The third-order valence-electron chi connectivity index (χ3n) is 4.46. The normalized spacial score (nSPS) is 17.1. The van der Waals surface area contributed by atoms with Gasteiger partial charge < -0.3 is 10.6 Å². The van der Waals surface area contributed by atoms with Crippen molar-refractivity contribution in [1.29, 1.82) is 0 Å². The maximum Gasteiger partial charge on any atom is 0.239 e. The van der Waals surface area contributed by atoms with Crippen LogP contribution in [0.5, 0.6) is 0 Å². The number of nitrogens with two attached hydrogens (primary N) is 1. The third-order valence-corrected chi connectivity index (χ3v) is 5.11. The SMILES string of the molecule is CSCC[C@H](N)C(=O)N1CCC(C(=O)c2ccc(C)cc2)CC1. The lowest BCUT2D eigenvalue weighted by Gasteiger charge is -2.33. The molecule has 2 N–H and O–H groups in total. The lowest BCUT2D eigenvalue weighted by atomic mass is 9.88. The van der Waals surface area contributed by atoms with E-state index in [2.05, 4.69) is 0 Å². The van der Waals surface area contributed by atoms with E-state index in [1.54, 1.807) is 11.8 Å². The molecule has 0 saturated carbocycles. The van der Waals surface area contributed by atoms with Gasteiger partial charge in [0.05, 0.1) is 6.04 Å². The molecule has 1 saturated heterocycles. The van der Waals surface area contributed by atoms with Crippen LogP contribution in [0.15, 0.2) is 24.3 Å². The Bertz CT molecular complexity index is 536. The number of hydrogen-bond acceptors (Lipinski definition) is 4. The van der Waals surface area contributed by atoms with E-state index >= 15 is 0 Å². The molecule has 1 aromatic carbocycles. The van der Waals surface area contributed by atoms with Crippen LogP contribution in [0, 0.1) is 12.8 Å². The lowest BCUT2D eigenvalue weighted by Crippen LogP contribution is -2.48. The van der Waals surface area contributed by atoms with Gasteiger partial charge in [-0.15, -0.1) is 0 Å². The predicted molar refractivity (Wildman–Crippen MR) is 95.8 cm³/mol. The Morgan fingerprint density at radius 1 is 1.26 bits per heavy atom.